The van der Waals surface area contributed by atoms with Gasteiger partial charge in [-0.1, -0.05) is 18.2 Å². The van der Waals surface area contributed by atoms with E-state index in [0.29, 0.717) is 18.0 Å². The van der Waals surface area contributed by atoms with Gasteiger partial charge < -0.3 is 14.4 Å². The molecule has 1 heterocycles. The molecule has 5 heteroatoms. The lowest BCUT2D eigenvalue weighted by Gasteiger charge is -2.43. The molecular weight excluding hydrogens is 304 g/mol. The van der Waals surface area contributed by atoms with E-state index in [1.54, 1.807) is 12.1 Å². The molecule has 0 aromatic heterocycles. The summed E-state index contributed by atoms with van der Waals surface area (Å²) in [6, 6.07) is 16.8. The summed E-state index contributed by atoms with van der Waals surface area (Å²) in [6.45, 7) is 6.62. The van der Waals surface area contributed by atoms with Gasteiger partial charge in [-0.3, -0.25) is 5.32 Å². The Kier molecular flexibility index (Phi) is 4.71. The second-order valence-electron chi connectivity index (χ2n) is 6.39. The van der Waals surface area contributed by atoms with Crippen molar-refractivity contribution in [1.82, 2.24) is 0 Å². The van der Waals surface area contributed by atoms with Crippen LogP contribution in [-0.2, 0) is 4.74 Å². The SMILES string of the molecule is CC1(C)COCCN1c1ccc(NC(=O)Oc2ccccc2)cc1. The number of amides is 1. The number of benzene rings is 2. The maximum Gasteiger partial charge on any atom is 0.417 e. The van der Waals surface area contributed by atoms with Crippen molar-refractivity contribution in [3.8, 4) is 5.75 Å². The van der Waals surface area contributed by atoms with Crippen molar-refractivity contribution < 1.29 is 14.3 Å². The first-order valence-corrected chi connectivity index (χ1v) is 8.04. The van der Waals surface area contributed by atoms with E-state index in [9.17, 15) is 4.79 Å². The molecule has 1 aliphatic heterocycles. The van der Waals surface area contributed by atoms with E-state index >= 15 is 0 Å². The molecule has 1 N–H and O–H groups in total. The Labute approximate surface area is 142 Å². The van der Waals surface area contributed by atoms with Gasteiger partial charge in [-0.2, -0.15) is 0 Å². The Morgan fingerprint density at radius 2 is 1.83 bits per heavy atom. The topological polar surface area (TPSA) is 50.8 Å². The fourth-order valence-electron chi connectivity index (χ4n) is 2.80. The molecule has 3 rings (SSSR count). The van der Waals surface area contributed by atoms with Crippen molar-refractivity contribution in [2.45, 2.75) is 19.4 Å². The molecular formula is C19H22N2O3. The van der Waals surface area contributed by atoms with Gasteiger partial charge in [0.25, 0.3) is 0 Å². The van der Waals surface area contributed by atoms with Crippen molar-refractivity contribution in [2.75, 3.05) is 30.0 Å². The lowest BCUT2D eigenvalue weighted by atomic mass is 10.0. The van der Waals surface area contributed by atoms with Gasteiger partial charge in [-0.15, -0.1) is 0 Å². The Balaban J connectivity index is 1.63. The summed E-state index contributed by atoms with van der Waals surface area (Å²) in [7, 11) is 0. The molecule has 1 aliphatic rings. The van der Waals surface area contributed by atoms with Gasteiger partial charge in [-0.05, 0) is 50.2 Å². The Morgan fingerprint density at radius 1 is 1.12 bits per heavy atom. The van der Waals surface area contributed by atoms with Crippen LogP contribution < -0.4 is 15.0 Å². The molecule has 5 nitrogen and oxygen atoms in total. The molecule has 1 saturated heterocycles. The molecule has 2 aromatic rings. The summed E-state index contributed by atoms with van der Waals surface area (Å²) in [5, 5.41) is 2.74. The van der Waals surface area contributed by atoms with E-state index in [1.165, 1.54) is 0 Å². The lowest BCUT2D eigenvalue weighted by molar-refractivity contribution is 0.0644. The van der Waals surface area contributed by atoms with Crippen molar-refractivity contribution in [1.29, 1.82) is 0 Å². The predicted molar refractivity (Wildman–Crippen MR) is 94.8 cm³/mol. The second-order valence-corrected chi connectivity index (χ2v) is 6.39. The molecule has 0 radical (unpaired) electrons. The second kappa shape index (κ2) is 6.93. The van der Waals surface area contributed by atoms with Crippen LogP contribution in [0.3, 0.4) is 0 Å². The van der Waals surface area contributed by atoms with Gasteiger partial charge >= 0.3 is 6.09 Å². The molecule has 0 atom stereocenters. The average Bonchev–Trinajstić information content (AvgIpc) is 2.56. The van der Waals surface area contributed by atoms with Gasteiger partial charge in [0.15, 0.2) is 0 Å². The summed E-state index contributed by atoms with van der Waals surface area (Å²) in [5.41, 5.74) is 1.77. The number of rotatable bonds is 3. The van der Waals surface area contributed by atoms with Gasteiger partial charge in [0, 0.05) is 17.9 Å². The Hall–Kier alpha value is -2.53. The first-order chi connectivity index (χ1) is 11.5. The Bertz CT molecular complexity index is 684. The summed E-state index contributed by atoms with van der Waals surface area (Å²) >= 11 is 0. The number of hydrogen-bond acceptors (Lipinski definition) is 4. The van der Waals surface area contributed by atoms with E-state index in [-0.39, 0.29) is 5.54 Å². The number of morpholine rings is 1. The third-order valence-electron chi connectivity index (χ3n) is 4.02. The zero-order chi connectivity index (χ0) is 17.0. The smallest absolute Gasteiger partial charge is 0.410 e. The molecule has 0 unspecified atom stereocenters. The molecule has 0 spiro atoms. The number of nitrogens with zero attached hydrogens (tertiary/aromatic N) is 1. The van der Waals surface area contributed by atoms with Gasteiger partial charge in [0.1, 0.15) is 5.75 Å². The number of hydrogen-bond donors (Lipinski definition) is 1. The van der Waals surface area contributed by atoms with Gasteiger partial charge in [0.2, 0.25) is 0 Å². The number of carbonyl (C=O) groups excluding carboxylic acids is 1. The highest BCUT2D eigenvalue weighted by Crippen LogP contribution is 2.28. The minimum atomic E-state index is -0.499. The lowest BCUT2D eigenvalue weighted by Crippen LogP contribution is -2.53. The monoisotopic (exact) mass is 326 g/mol. The first kappa shape index (κ1) is 16.3. The standard InChI is InChI=1S/C19H22N2O3/c1-19(2)14-23-13-12-21(19)16-10-8-15(9-11-16)20-18(22)24-17-6-4-3-5-7-17/h3-11H,12-14H2,1-2H3,(H,20,22). The number of anilines is 2. The summed E-state index contributed by atoms with van der Waals surface area (Å²) < 4.78 is 10.8. The number of nitrogens with one attached hydrogen (secondary N) is 1. The number of carbonyl (C=O) groups is 1. The fraction of sp³-hybridized carbons (Fsp3) is 0.316. The van der Waals surface area contributed by atoms with Crippen LogP contribution in [0.5, 0.6) is 5.75 Å². The highest BCUT2D eigenvalue weighted by atomic mass is 16.6. The first-order valence-electron chi connectivity index (χ1n) is 8.04. The molecule has 0 aliphatic carbocycles. The van der Waals surface area contributed by atoms with E-state index in [1.807, 2.05) is 42.5 Å². The highest BCUT2D eigenvalue weighted by Gasteiger charge is 2.30. The summed E-state index contributed by atoms with van der Waals surface area (Å²) in [4.78, 5) is 14.2. The zero-order valence-electron chi connectivity index (χ0n) is 14.0. The van der Waals surface area contributed by atoms with Crippen LogP contribution in [0.4, 0.5) is 16.2 Å². The predicted octanol–water partition coefficient (Wildman–Crippen LogP) is 3.91. The average molecular weight is 326 g/mol. The van der Waals surface area contributed by atoms with E-state index in [4.69, 9.17) is 9.47 Å². The van der Waals surface area contributed by atoms with Gasteiger partial charge in [0.05, 0.1) is 18.8 Å². The molecule has 0 saturated carbocycles. The molecule has 2 aromatic carbocycles. The maximum atomic E-state index is 11.9. The molecule has 1 fully saturated rings. The van der Waals surface area contributed by atoms with Crippen LogP contribution in [0.15, 0.2) is 54.6 Å². The van der Waals surface area contributed by atoms with Crippen molar-refractivity contribution in [3.05, 3.63) is 54.6 Å². The van der Waals surface area contributed by atoms with Gasteiger partial charge in [-0.25, -0.2) is 4.79 Å². The fourth-order valence-corrected chi connectivity index (χ4v) is 2.80. The minimum Gasteiger partial charge on any atom is -0.410 e. The summed E-state index contributed by atoms with van der Waals surface area (Å²) in [5.74, 6) is 0.515. The van der Waals surface area contributed by atoms with Crippen LogP contribution in [-0.4, -0.2) is 31.4 Å². The third-order valence-corrected chi connectivity index (χ3v) is 4.02. The maximum absolute atomic E-state index is 11.9. The summed E-state index contributed by atoms with van der Waals surface area (Å²) in [6.07, 6.45) is -0.499. The van der Waals surface area contributed by atoms with E-state index in [0.717, 1.165) is 18.8 Å². The molecule has 24 heavy (non-hydrogen) atoms. The van der Waals surface area contributed by atoms with Crippen molar-refractivity contribution in [2.24, 2.45) is 0 Å². The van der Waals surface area contributed by atoms with Crippen LogP contribution in [0, 0.1) is 0 Å². The normalized spacial score (nSPS) is 16.5. The van der Waals surface area contributed by atoms with Crippen LogP contribution in [0.2, 0.25) is 0 Å². The van der Waals surface area contributed by atoms with Crippen LogP contribution in [0.1, 0.15) is 13.8 Å². The number of para-hydroxylation sites is 1. The largest absolute Gasteiger partial charge is 0.417 e. The minimum absolute atomic E-state index is 0.0422. The van der Waals surface area contributed by atoms with E-state index in [2.05, 4.69) is 24.1 Å². The molecule has 126 valence electrons. The van der Waals surface area contributed by atoms with Crippen molar-refractivity contribution >= 4 is 17.5 Å². The van der Waals surface area contributed by atoms with Crippen molar-refractivity contribution in [3.63, 3.8) is 0 Å². The third kappa shape index (κ3) is 3.86. The highest BCUT2D eigenvalue weighted by molar-refractivity contribution is 5.86. The Morgan fingerprint density at radius 3 is 2.50 bits per heavy atom. The van der Waals surface area contributed by atoms with E-state index < -0.39 is 6.09 Å². The number of ether oxygens (including phenoxy) is 2. The molecule has 0 bridgehead atoms. The molecule has 1 amide bonds. The van der Waals surface area contributed by atoms with Crippen LogP contribution >= 0.6 is 0 Å². The zero-order valence-corrected chi connectivity index (χ0v) is 14.0. The van der Waals surface area contributed by atoms with Crippen LogP contribution in [0.25, 0.3) is 0 Å². The quantitative estimate of drug-likeness (QED) is 0.929.